The molecule has 1 saturated heterocycles. The summed E-state index contributed by atoms with van der Waals surface area (Å²) in [5.74, 6) is 0. The second-order valence-corrected chi connectivity index (χ2v) is 6.79. The molecular weight excluding hydrogens is 238 g/mol. The van der Waals surface area contributed by atoms with Crippen molar-refractivity contribution in [3.63, 3.8) is 0 Å². The summed E-state index contributed by atoms with van der Waals surface area (Å²) < 4.78 is 27.3. The molecule has 1 aliphatic rings. The molecule has 1 aliphatic heterocycles. The first kappa shape index (κ1) is 14.9. The zero-order chi connectivity index (χ0) is 12.9. The predicted molar refractivity (Wildman–Crippen MR) is 70.1 cm³/mol. The summed E-state index contributed by atoms with van der Waals surface area (Å²) in [6.07, 6.45) is 4.27. The third kappa shape index (κ3) is 4.91. The van der Waals surface area contributed by atoms with Crippen molar-refractivity contribution in [1.82, 2.24) is 13.9 Å². The first-order chi connectivity index (χ1) is 7.95. The van der Waals surface area contributed by atoms with E-state index in [-0.39, 0.29) is 6.04 Å². The third-order valence-electron chi connectivity index (χ3n) is 3.21. The molecule has 0 aromatic carbocycles. The lowest BCUT2D eigenvalue weighted by Gasteiger charge is -2.32. The average molecular weight is 263 g/mol. The second kappa shape index (κ2) is 6.68. The number of likely N-dealkylation sites (tertiary alicyclic amines) is 1. The molecule has 0 saturated carbocycles. The van der Waals surface area contributed by atoms with Crippen molar-refractivity contribution in [3.8, 4) is 0 Å². The molecule has 0 bridgehead atoms. The van der Waals surface area contributed by atoms with E-state index in [9.17, 15) is 8.42 Å². The maximum absolute atomic E-state index is 11.7. The van der Waals surface area contributed by atoms with Gasteiger partial charge in [0.25, 0.3) is 10.2 Å². The molecule has 0 spiro atoms. The maximum Gasteiger partial charge on any atom is 0.279 e. The summed E-state index contributed by atoms with van der Waals surface area (Å²) in [6.45, 7) is 5.34. The van der Waals surface area contributed by atoms with Crippen LogP contribution in [0.3, 0.4) is 0 Å². The minimum Gasteiger partial charge on any atom is -0.303 e. The van der Waals surface area contributed by atoms with Gasteiger partial charge in [0.05, 0.1) is 0 Å². The highest BCUT2D eigenvalue weighted by molar-refractivity contribution is 7.87. The van der Waals surface area contributed by atoms with Crippen molar-refractivity contribution in [2.45, 2.75) is 38.6 Å². The number of piperidine rings is 1. The number of hydrogen-bond acceptors (Lipinski definition) is 3. The highest BCUT2D eigenvalue weighted by Crippen LogP contribution is 2.12. The highest BCUT2D eigenvalue weighted by atomic mass is 32.2. The van der Waals surface area contributed by atoms with Crippen LogP contribution < -0.4 is 4.72 Å². The highest BCUT2D eigenvalue weighted by Gasteiger charge is 2.24. The van der Waals surface area contributed by atoms with Crippen LogP contribution in [0.25, 0.3) is 0 Å². The van der Waals surface area contributed by atoms with Crippen molar-refractivity contribution in [3.05, 3.63) is 0 Å². The van der Waals surface area contributed by atoms with Gasteiger partial charge in [0.2, 0.25) is 0 Å². The van der Waals surface area contributed by atoms with E-state index in [1.807, 2.05) is 0 Å². The van der Waals surface area contributed by atoms with Gasteiger partial charge in [-0.15, -0.1) is 0 Å². The van der Waals surface area contributed by atoms with Gasteiger partial charge < -0.3 is 4.90 Å². The Bertz CT molecular complexity index is 309. The van der Waals surface area contributed by atoms with Crippen LogP contribution in [0.15, 0.2) is 0 Å². The van der Waals surface area contributed by atoms with Crippen LogP contribution in [0, 0.1) is 0 Å². The van der Waals surface area contributed by atoms with Gasteiger partial charge in [0.1, 0.15) is 0 Å². The van der Waals surface area contributed by atoms with Crippen LogP contribution in [0.2, 0.25) is 0 Å². The lowest BCUT2D eigenvalue weighted by molar-refractivity contribution is 0.204. The fraction of sp³-hybridized carbons (Fsp3) is 1.00. The average Bonchev–Trinajstić information content (AvgIpc) is 2.27. The molecule has 0 aromatic heterocycles. The van der Waals surface area contributed by atoms with Crippen LogP contribution in [0.4, 0.5) is 0 Å². The van der Waals surface area contributed by atoms with Gasteiger partial charge in [-0.05, 0) is 38.9 Å². The first-order valence-electron chi connectivity index (χ1n) is 6.38. The number of rotatable bonds is 6. The Morgan fingerprint density at radius 2 is 1.88 bits per heavy atom. The molecule has 0 atom stereocenters. The van der Waals surface area contributed by atoms with Gasteiger partial charge in [-0.25, -0.2) is 0 Å². The van der Waals surface area contributed by atoms with E-state index in [4.69, 9.17) is 0 Å². The summed E-state index contributed by atoms with van der Waals surface area (Å²) in [5.41, 5.74) is 0. The summed E-state index contributed by atoms with van der Waals surface area (Å²) >= 11 is 0. The van der Waals surface area contributed by atoms with Crippen LogP contribution in [0.5, 0.6) is 0 Å². The van der Waals surface area contributed by atoms with Crippen LogP contribution in [-0.2, 0) is 10.2 Å². The van der Waals surface area contributed by atoms with Crippen LogP contribution in [0.1, 0.15) is 32.6 Å². The summed E-state index contributed by atoms with van der Waals surface area (Å²) in [7, 11) is -0.159. The Morgan fingerprint density at radius 3 is 2.35 bits per heavy atom. The van der Waals surface area contributed by atoms with Crippen LogP contribution >= 0.6 is 0 Å². The van der Waals surface area contributed by atoms with E-state index >= 15 is 0 Å². The topological polar surface area (TPSA) is 52.7 Å². The fourth-order valence-corrected chi connectivity index (χ4v) is 2.84. The van der Waals surface area contributed by atoms with E-state index in [2.05, 4.69) is 16.5 Å². The summed E-state index contributed by atoms with van der Waals surface area (Å²) in [5, 5.41) is 0. The van der Waals surface area contributed by atoms with Crippen LogP contribution in [-0.4, -0.2) is 57.4 Å². The van der Waals surface area contributed by atoms with E-state index in [1.165, 1.54) is 17.1 Å². The molecule has 6 heteroatoms. The minimum atomic E-state index is -3.27. The second-order valence-electron chi connectivity index (χ2n) is 4.87. The van der Waals surface area contributed by atoms with Gasteiger partial charge in [0, 0.05) is 20.1 Å². The molecule has 1 fully saturated rings. The zero-order valence-electron chi connectivity index (χ0n) is 11.1. The molecule has 0 unspecified atom stereocenters. The molecule has 102 valence electrons. The summed E-state index contributed by atoms with van der Waals surface area (Å²) in [6, 6.07) is 0.0975. The van der Waals surface area contributed by atoms with Crippen molar-refractivity contribution in [1.29, 1.82) is 0 Å². The smallest absolute Gasteiger partial charge is 0.279 e. The van der Waals surface area contributed by atoms with E-state index in [0.717, 1.165) is 32.5 Å². The van der Waals surface area contributed by atoms with Gasteiger partial charge in [-0.2, -0.15) is 17.4 Å². The Morgan fingerprint density at radius 1 is 1.29 bits per heavy atom. The standard InChI is InChI=1S/C11H25N3O2S/c1-4-5-8-14-9-6-11(7-10-14)12-17(15,16)13(2)3/h11-12H,4-10H2,1-3H3. The van der Waals surface area contributed by atoms with Gasteiger partial charge in [-0.3, -0.25) is 0 Å². The maximum atomic E-state index is 11.7. The molecule has 1 rings (SSSR count). The molecule has 17 heavy (non-hydrogen) atoms. The van der Waals surface area contributed by atoms with Crippen molar-refractivity contribution >= 4 is 10.2 Å². The van der Waals surface area contributed by atoms with E-state index < -0.39 is 10.2 Å². The normalized spacial score (nSPS) is 20.0. The first-order valence-corrected chi connectivity index (χ1v) is 7.82. The van der Waals surface area contributed by atoms with E-state index in [1.54, 1.807) is 14.1 Å². The Balaban J connectivity index is 2.33. The SMILES string of the molecule is CCCCN1CCC(NS(=O)(=O)N(C)C)CC1. The third-order valence-corrected chi connectivity index (χ3v) is 4.80. The number of nitrogens with zero attached hydrogens (tertiary/aromatic N) is 2. The van der Waals surface area contributed by atoms with Crippen molar-refractivity contribution in [2.75, 3.05) is 33.7 Å². The molecular formula is C11H25N3O2S. The molecule has 0 aromatic rings. The largest absolute Gasteiger partial charge is 0.303 e. The molecule has 0 amide bonds. The number of unbranched alkanes of at least 4 members (excludes halogenated alkanes) is 1. The quantitative estimate of drug-likeness (QED) is 0.765. The van der Waals surface area contributed by atoms with Crippen molar-refractivity contribution in [2.24, 2.45) is 0 Å². The molecule has 0 radical (unpaired) electrons. The molecule has 0 aliphatic carbocycles. The molecule has 5 nitrogen and oxygen atoms in total. The Labute approximate surface area is 105 Å². The lowest BCUT2D eigenvalue weighted by Crippen LogP contribution is -2.47. The fourth-order valence-electron chi connectivity index (χ4n) is 1.97. The van der Waals surface area contributed by atoms with E-state index in [0.29, 0.717) is 0 Å². The summed E-state index contributed by atoms with van der Waals surface area (Å²) in [4.78, 5) is 2.42. The zero-order valence-corrected chi connectivity index (χ0v) is 12.0. The number of hydrogen-bond donors (Lipinski definition) is 1. The van der Waals surface area contributed by atoms with Gasteiger partial charge in [0.15, 0.2) is 0 Å². The Kier molecular flexibility index (Phi) is 5.85. The van der Waals surface area contributed by atoms with Gasteiger partial charge in [-0.1, -0.05) is 13.3 Å². The lowest BCUT2D eigenvalue weighted by atomic mass is 10.1. The minimum absolute atomic E-state index is 0.0975. The number of nitrogens with one attached hydrogen (secondary N) is 1. The van der Waals surface area contributed by atoms with Gasteiger partial charge >= 0.3 is 0 Å². The monoisotopic (exact) mass is 263 g/mol. The van der Waals surface area contributed by atoms with Crippen molar-refractivity contribution < 1.29 is 8.42 Å². The predicted octanol–water partition coefficient (Wildman–Crippen LogP) is 0.647. The molecule has 1 heterocycles. The molecule has 1 N–H and O–H groups in total. The Hall–Kier alpha value is -0.170.